The molecule has 0 fully saturated rings. The number of allylic oxidation sites excluding steroid dienone is 1. The van der Waals surface area contributed by atoms with Gasteiger partial charge in [0.2, 0.25) is 0 Å². The molecule has 0 spiro atoms. The number of ether oxygens (including phenoxy) is 1. The first-order chi connectivity index (χ1) is 15.2. The first kappa shape index (κ1) is 21.7. The molecule has 0 saturated carbocycles. The van der Waals surface area contributed by atoms with E-state index < -0.39 is 0 Å². The van der Waals surface area contributed by atoms with Crippen molar-refractivity contribution in [3.8, 4) is 16.9 Å². The number of hydrogen-bond donors (Lipinski definition) is 0. The van der Waals surface area contributed by atoms with Gasteiger partial charge in [0.1, 0.15) is 10.6 Å². The number of benzene rings is 2. The third kappa shape index (κ3) is 5.03. The summed E-state index contributed by atoms with van der Waals surface area (Å²) in [6.07, 6.45) is 2.56. The van der Waals surface area contributed by atoms with Crippen LogP contribution >= 0.6 is 34.7 Å². The summed E-state index contributed by atoms with van der Waals surface area (Å²) in [7, 11) is 0. The van der Waals surface area contributed by atoms with Gasteiger partial charge in [-0.25, -0.2) is 4.98 Å². The van der Waals surface area contributed by atoms with Crippen molar-refractivity contribution in [3.05, 3.63) is 88.0 Å². The van der Waals surface area contributed by atoms with Crippen LogP contribution in [0.3, 0.4) is 0 Å². The van der Waals surface area contributed by atoms with Gasteiger partial charge in [0.15, 0.2) is 5.16 Å². The number of rotatable bonds is 9. The molecule has 2 aromatic carbocycles. The lowest BCUT2D eigenvalue weighted by Gasteiger charge is -2.11. The van der Waals surface area contributed by atoms with Crippen LogP contribution in [-0.4, -0.2) is 21.9 Å². The standard InChI is InChI=1S/C24H21ClN2O2S2/c1-2-13-27-23(28)21-20(17-7-4-3-5-8-17)16-31-22(21)26-24(27)30-15-6-14-29-19-11-9-18(25)10-12-19/h2-5,7-12,16H,1,6,13-15H2. The molecule has 2 heterocycles. The molecular formula is C24H21ClN2O2S2. The van der Waals surface area contributed by atoms with E-state index in [0.717, 1.165) is 33.9 Å². The third-order valence-corrected chi connectivity index (χ3v) is 6.84. The Morgan fingerprint density at radius 3 is 2.68 bits per heavy atom. The Balaban J connectivity index is 1.51. The molecule has 4 rings (SSSR count). The summed E-state index contributed by atoms with van der Waals surface area (Å²) in [4.78, 5) is 18.9. The van der Waals surface area contributed by atoms with E-state index in [0.29, 0.717) is 28.7 Å². The molecule has 7 heteroatoms. The fraction of sp³-hybridized carbons (Fsp3) is 0.167. The predicted octanol–water partition coefficient (Wildman–Crippen LogP) is 6.53. The summed E-state index contributed by atoms with van der Waals surface area (Å²) in [5.74, 6) is 1.59. The second-order valence-corrected chi connectivity index (χ2v) is 9.16. The van der Waals surface area contributed by atoms with Crippen molar-refractivity contribution in [2.24, 2.45) is 0 Å². The molecule has 0 radical (unpaired) electrons. The summed E-state index contributed by atoms with van der Waals surface area (Å²) in [6.45, 7) is 4.82. The van der Waals surface area contributed by atoms with E-state index in [2.05, 4.69) is 6.58 Å². The lowest BCUT2D eigenvalue weighted by Crippen LogP contribution is -2.22. The van der Waals surface area contributed by atoms with Gasteiger partial charge in [-0.15, -0.1) is 17.9 Å². The van der Waals surface area contributed by atoms with Crippen molar-refractivity contribution in [2.75, 3.05) is 12.4 Å². The largest absolute Gasteiger partial charge is 0.494 e. The fourth-order valence-electron chi connectivity index (χ4n) is 3.18. The second-order valence-electron chi connectivity index (χ2n) is 6.80. The summed E-state index contributed by atoms with van der Waals surface area (Å²) in [6, 6.07) is 17.3. The van der Waals surface area contributed by atoms with E-state index in [-0.39, 0.29) is 5.56 Å². The topological polar surface area (TPSA) is 44.1 Å². The highest BCUT2D eigenvalue weighted by Gasteiger charge is 2.16. The van der Waals surface area contributed by atoms with Gasteiger partial charge >= 0.3 is 0 Å². The second kappa shape index (κ2) is 10.2. The van der Waals surface area contributed by atoms with Crippen molar-refractivity contribution < 1.29 is 4.74 Å². The Morgan fingerprint density at radius 2 is 1.94 bits per heavy atom. The van der Waals surface area contributed by atoms with Crippen LogP contribution in [0.4, 0.5) is 0 Å². The number of fused-ring (bicyclic) bond motifs is 1. The molecule has 4 aromatic rings. The summed E-state index contributed by atoms with van der Waals surface area (Å²) < 4.78 is 7.46. The molecule has 0 aliphatic heterocycles. The molecule has 0 saturated heterocycles. The van der Waals surface area contributed by atoms with E-state index in [1.165, 1.54) is 11.3 Å². The van der Waals surface area contributed by atoms with E-state index in [1.807, 2.05) is 60.0 Å². The molecule has 0 atom stereocenters. The molecule has 0 N–H and O–H groups in total. The van der Waals surface area contributed by atoms with Crippen LogP contribution in [0.15, 0.2) is 82.6 Å². The van der Waals surface area contributed by atoms with Gasteiger partial charge in [-0.1, -0.05) is 59.8 Å². The Kier molecular flexibility index (Phi) is 7.12. The van der Waals surface area contributed by atoms with Crippen molar-refractivity contribution in [1.82, 2.24) is 9.55 Å². The number of thioether (sulfide) groups is 1. The van der Waals surface area contributed by atoms with Gasteiger partial charge in [-0.05, 0) is 36.2 Å². The first-order valence-electron chi connectivity index (χ1n) is 9.87. The molecule has 2 aromatic heterocycles. The molecule has 0 unspecified atom stereocenters. The Labute approximate surface area is 194 Å². The molecule has 31 heavy (non-hydrogen) atoms. The molecular weight excluding hydrogens is 448 g/mol. The van der Waals surface area contributed by atoms with Gasteiger partial charge in [0.25, 0.3) is 5.56 Å². The van der Waals surface area contributed by atoms with Crippen LogP contribution in [0.25, 0.3) is 21.3 Å². The highest BCUT2D eigenvalue weighted by molar-refractivity contribution is 7.99. The monoisotopic (exact) mass is 468 g/mol. The zero-order valence-corrected chi connectivity index (χ0v) is 19.2. The van der Waals surface area contributed by atoms with Crippen LogP contribution in [0.1, 0.15) is 6.42 Å². The third-order valence-electron chi connectivity index (χ3n) is 4.66. The highest BCUT2D eigenvalue weighted by Crippen LogP contribution is 2.32. The first-order valence-corrected chi connectivity index (χ1v) is 12.1. The minimum atomic E-state index is -0.0232. The SMILES string of the molecule is C=CCn1c(SCCCOc2ccc(Cl)cc2)nc2scc(-c3ccccc3)c2c1=O. The Hall–Kier alpha value is -2.54. The van der Waals surface area contributed by atoms with Crippen molar-refractivity contribution in [1.29, 1.82) is 0 Å². The summed E-state index contributed by atoms with van der Waals surface area (Å²) >= 11 is 8.97. The summed E-state index contributed by atoms with van der Waals surface area (Å²) in [5, 5.41) is 4.09. The molecule has 0 aliphatic rings. The number of hydrogen-bond acceptors (Lipinski definition) is 5. The fourth-order valence-corrected chi connectivity index (χ4v) is 5.21. The van der Waals surface area contributed by atoms with E-state index >= 15 is 0 Å². The minimum Gasteiger partial charge on any atom is -0.494 e. The Morgan fingerprint density at radius 1 is 1.16 bits per heavy atom. The van der Waals surface area contributed by atoms with Gasteiger partial charge in [0, 0.05) is 28.3 Å². The summed E-state index contributed by atoms with van der Waals surface area (Å²) in [5.41, 5.74) is 1.94. The van der Waals surface area contributed by atoms with E-state index in [4.69, 9.17) is 21.3 Å². The van der Waals surface area contributed by atoms with Gasteiger partial charge in [-0.3, -0.25) is 9.36 Å². The zero-order chi connectivity index (χ0) is 21.6. The average molecular weight is 469 g/mol. The maximum Gasteiger partial charge on any atom is 0.263 e. The predicted molar refractivity (Wildman–Crippen MR) is 132 cm³/mol. The van der Waals surface area contributed by atoms with Crippen LogP contribution in [0.2, 0.25) is 5.02 Å². The van der Waals surface area contributed by atoms with E-state index in [1.54, 1.807) is 22.4 Å². The smallest absolute Gasteiger partial charge is 0.263 e. The maximum atomic E-state index is 13.3. The van der Waals surface area contributed by atoms with Crippen LogP contribution < -0.4 is 10.3 Å². The van der Waals surface area contributed by atoms with Crippen molar-refractivity contribution in [2.45, 2.75) is 18.1 Å². The molecule has 4 nitrogen and oxygen atoms in total. The maximum absolute atomic E-state index is 13.3. The number of halogens is 1. The molecule has 0 aliphatic carbocycles. The molecule has 0 bridgehead atoms. The zero-order valence-electron chi connectivity index (χ0n) is 16.8. The Bertz CT molecular complexity index is 1230. The number of aromatic nitrogens is 2. The lowest BCUT2D eigenvalue weighted by molar-refractivity contribution is 0.318. The normalized spacial score (nSPS) is 11.0. The van der Waals surface area contributed by atoms with Crippen LogP contribution in [-0.2, 0) is 6.54 Å². The number of thiophene rings is 1. The molecule has 0 amide bonds. The average Bonchev–Trinajstić information content (AvgIpc) is 3.22. The van der Waals surface area contributed by atoms with Gasteiger partial charge < -0.3 is 4.74 Å². The molecule has 158 valence electrons. The van der Waals surface area contributed by atoms with E-state index in [9.17, 15) is 4.79 Å². The van der Waals surface area contributed by atoms with Gasteiger partial charge in [0.05, 0.1) is 12.0 Å². The van der Waals surface area contributed by atoms with Crippen LogP contribution in [0.5, 0.6) is 5.75 Å². The number of nitrogens with zero attached hydrogens (tertiary/aromatic N) is 2. The van der Waals surface area contributed by atoms with Crippen molar-refractivity contribution in [3.63, 3.8) is 0 Å². The minimum absolute atomic E-state index is 0.0232. The van der Waals surface area contributed by atoms with Gasteiger partial charge in [-0.2, -0.15) is 0 Å². The van der Waals surface area contributed by atoms with Crippen molar-refractivity contribution >= 4 is 44.9 Å². The quantitative estimate of drug-likeness (QED) is 0.121. The van der Waals surface area contributed by atoms with Crippen LogP contribution in [0, 0.1) is 0 Å². The lowest BCUT2D eigenvalue weighted by atomic mass is 10.1. The highest BCUT2D eigenvalue weighted by atomic mass is 35.5.